The Bertz CT molecular complexity index is 932. The number of nitrogen functional groups attached to an aromatic ring is 1. The Morgan fingerprint density at radius 2 is 2.00 bits per heavy atom. The van der Waals surface area contributed by atoms with E-state index in [1.54, 1.807) is 12.1 Å². The van der Waals surface area contributed by atoms with Crippen LogP contribution in [0, 0.1) is 12.7 Å². The predicted molar refractivity (Wildman–Crippen MR) is 108 cm³/mol. The second-order valence-electron chi connectivity index (χ2n) is 5.79. The number of nitrogens with two attached hydrogens (primary N) is 1. The van der Waals surface area contributed by atoms with Crippen molar-refractivity contribution in [3.63, 3.8) is 0 Å². The third-order valence-electron chi connectivity index (χ3n) is 3.93. The minimum Gasteiger partial charge on any atom is -0.393 e. The van der Waals surface area contributed by atoms with Gasteiger partial charge in [-0.1, -0.05) is 28.1 Å². The van der Waals surface area contributed by atoms with Crippen molar-refractivity contribution in [3.8, 4) is 0 Å². The fraction of sp³-hybridized carbons (Fsp3) is 0.158. The summed E-state index contributed by atoms with van der Waals surface area (Å²) in [6.45, 7) is 4.73. The van der Waals surface area contributed by atoms with Gasteiger partial charge in [0, 0.05) is 16.7 Å². The molecule has 0 aliphatic heterocycles. The van der Waals surface area contributed by atoms with Gasteiger partial charge in [-0.3, -0.25) is 0 Å². The molecule has 0 aliphatic rings. The van der Waals surface area contributed by atoms with Crippen molar-refractivity contribution in [2.45, 2.75) is 13.8 Å². The molecule has 1 aromatic heterocycles. The second-order valence-corrected chi connectivity index (χ2v) is 6.71. The molecule has 3 rings (SSSR count). The molecule has 5 nitrogen and oxygen atoms in total. The van der Waals surface area contributed by atoms with Crippen molar-refractivity contribution in [3.05, 3.63) is 64.6 Å². The molecule has 0 radical (unpaired) electrons. The van der Waals surface area contributed by atoms with Crippen LogP contribution < -0.4 is 16.0 Å². The van der Waals surface area contributed by atoms with Gasteiger partial charge in [-0.05, 0) is 49.7 Å². The number of halogens is 2. The van der Waals surface area contributed by atoms with E-state index in [9.17, 15) is 4.39 Å². The maximum atomic E-state index is 14.1. The standard InChI is InChI=1S/C19H19BrFN5/c1-3-26(14-6-4-5-12(2)9-14)19-17(22)18(23-11-24-19)25-16-8-7-13(20)10-15(16)21/h4-11H,3,22H2,1-2H3,(H,23,24,25). The molecule has 3 N–H and O–H groups in total. The molecule has 0 spiro atoms. The molecule has 3 aromatic rings. The zero-order chi connectivity index (χ0) is 18.7. The van der Waals surface area contributed by atoms with Gasteiger partial charge in [0.25, 0.3) is 0 Å². The van der Waals surface area contributed by atoms with Crippen LogP contribution in [0.2, 0.25) is 0 Å². The number of aromatic nitrogens is 2. The van der Waals surface area contributed by atoms with Gasteiger partial charge in [-0.25, -0.2) is 14.4 Å². The van der Waals surface area contributed by atoms with E-state index in [0.717, 1.165) is 11.3 Å². The number of rotatable bonds is 5. The van der Waals surface area contributed by atoms with Crippen LogP contribution in [-0.4, -0.2) is 16.5 Å². The Balaban J connectivity index is 1.98. The molecule has 0 unspecified atom stereocenters. The lowest BCUT2D eigenvalue weighted by atomic mass is 10.2. The van der Waals surface area contributed by atoms with Crippen LogP contribution in [0.1, 0.15) is 12.5 Å². The summed E-state index contributed by atoms with van der Waals surface area (Å²) in [6.07, 6.45) is 1.42. The van der Waals surface area contributed by atoms with Crippen LogP contribution in [0.3, 0.4) is 0 Å². The van der Waals surface area contributed by atoms with E-state index in [1.165, 1.54) is 12.4 Å². The topological polar surface area (TPSA) is 67.1 Å². The van der Waals surface area contributed by atoms with Crippen LogP contribution >= 0.6 is 15.9 Å². The van der Waals surface area contributed by atoms with Gasteiger partial charge in [0.2, 0.25) is 0 Å². The number of anilines is 5. The van der Waals surface area contributed by atoms with E-state index in [0.29, 0.717) is 34.0 Å². The van der Waals surface area contributed by atoms with Gasteiger partial charge in [0.15, 0.2) is 11.6 Å². The Morgan fingerprint density at radius 3 is 2.69 bits per heavy atom. The van der Waals surface area contributed by atoms with Crippen LogP contribution in [-0.2, 0) is 0 Å². The van der Waals surface area contributed by atoms with E-state index in [1.807, 2.05) is 36.9 Å². The number of nitrogens with one attached hydrogen (secondary N) is 1. The quantitative estimate of drug-likeness (QED) is 0.601. The van der Waals surface area contributed by atoms with Crippen molar-refractivity contribution in [1.29, 1.82) is 0 Å². The first-order valence-corrected chi connectivity index (χ1v) is 8.95. The van der Waals surface area contributed by atoms with Crippen molar-refractivity contribution in [1.82, 2.24) is 9.97 Å². The molecule has 134 valence electrons. The Kier molecular flexibility index (Phi) is 5.37. The van der Waals surface area contributed by atoms with E-state index < -0.39 is 5.82 Å². The number of aryl methyl sites for hydroxylation is 1. The SMILES string of the molecule is CCN(c1cccc(C)c1)c1ncnc(Nc2ccc(Br)cc2F)c1N. The van der Waals surface area contributed by atoms with Crippen LogP contribution in [0.5, 0.6) is 0 Å². The number of hydrogen-bond donors (Lipinski definition) is 2. The zero-order valence-electron chi connectivity index (χ0n) is 14.5. The average Bonchev–Trinajstić information content (AvgIpc) is 2.61. The molecule has 0 amide bonds. The molecule has 0 atom stereocenters. The van der Waals surface area contributed by atoms with Crippen molar-refractivity contribution in [2.75, 3.05) is 22.5 Å². The van der Waals surface area contributed by atoms with Gasteiger partial charge in [-0.2, -0.15) is 0 Å². The minimum absolute atomic E-state index is 0.295. The molecule has 0 bridgehead atoms. The molecule has 0 saturated carbocycles. The lowest BCUT2D eigenvalue weighted by Gasteiger charge is -2.24. The monoisotopic (exact) mass is 415 g/mol. The normalized spacial score (nSPS) is 10.6. The highest BCUT2D eigenvalue weighted by Crippen LogP contribution is 2.33. The lowest BCUT2D eigenvalue weighted by molar-refractivity contribution is 0.631. The molecule has 0 fully saturated rings. The molecule has 7 heteroatoms. The highest BCUT2D eigenvalue weighted by molar-refractivity contribution is 9.10. The highest BCUT2D eigenvalue weighted by Gasteiger charge is 2.16. The maximum absolute atomic E-state index is 14.1. The number of nitrogens with zero attached hydrogens (tertiary/aromatic N) is 3. The summed E-state index contributed by atoms with van der Waals surface area (Å²) < 4.78 is 14.8. The fourth-order valence-electron chi connectivity index (χ4n) is 2.67. The number of hydrogen-bond acceptors (Lipinski definition) is 5. The third kappa shape index (κ3) is 3.77. The maximum Gasteiger partial charge on any atom is 0.161 e. The minimum atomic E-state index is -0.398. The van der Waals surface area contributed by atoms with E-state index in [2.05, 4.69) is 37.3 Å². The predicted octanol–water partition coefficient (Wildman–Crippen LogP) is 5.17. The van der Waals surface area contributed by atoms with E-state index >= 15 is 0 Å². The molecule has 0 saturated heterocycles. The molecular formula is C19H19BrFN5. The summed E-state index contributed by atoms with van der Waals surface area (Å²) in [5.41, 5.74) is 9.08. The third-order valence-corrected chi connectivity index (χ3v) is 4.43. The van der Waals surface area contributed by atoms with Crippen LogP contribution in [0.4, 0.5) is 33.1 Å². The molecular weight excluding hydrogens is 397 g/mol. The van der Waals surface area contributed by atoms with Crippen molar-refractivity contribution < 1.29 is 4.39 Å². The van der Waals surface area contributed by atoms with Crippen LogP contribution in [0.25, 0.3) is 0 Å². The average molecular weight is 416 g/mol. The first-order valence-electron chi connectivity index (χ1n) is 8.16. The summed E-state index contributed by atoms with van der Waals surface area (Å²) in [6, 6.07) is 12.8. The summed E-state index contributed by atoms with van der Waals surface area (Å²) in [7, 11) is 0. The molecule has 1 heterocycles. The van der Waals surface area contributed by atoms with Crippen LogP contribution in [0.15, 0.2) is 53.3 Å². The Labute approximate surface area is 160 Å². The Morgan fingerprint density at radius 1 is 1.19 bits per heavy atom. The summed E-state index contributed by atoms with van der Waals surface area (Å²) in [4.78, 5) is 10.5. The van der Waals surface area contributed by atoms with E-state index in [4.69, 9.17) is 5.73 Å². The largest absolute Gasteiger partial charge is 0.393 e. The van der Waals surface area contributed by atoms with Gasteiger partial charge in [0.1, 0.15) is 17.8 Å². The van der Waals surface area contributed by atoms with Gasteiger partial charge >= 0.3 is 0 Å². The van der Waals surface area contributed by atoms with Gasteiger partial charge in [0.05, 0.1) is 5.69 Å². The van der Waals surface area contributed by atoms with Gasteiger partial charge in [-0.15, -0.1) is 0 Å². The first kappa shape index (κ1) is 18.1. The smallest absolute Gasteiger partial charge is 0.161 e. The van der Waals surface area contributed by atoms with Gasteiger partial charge < -0.3 is 16.0 Å². The van der Waals surface area contributed by atoms with Crippen molar-refractivity contribution >= 4 is 44.6 Å². The fourth-order valence-corrected chi connectivity index (χ4v) is 3.00. The molecule has 26 heavy (non-hydrogen) atoms. The second kappa shape index (κ2) is 7.70. The summed E-state index contributed by atoms with van der Waals surface area (Å²) in [5, 5.41) is 2.95. The zero-order valence-corrected chi connectivity index (χ0v) is 16.1. The summed E-state index contributed by atoms with van der Waals surface area (Å²) in [5.74, 6) is 0.542. The number of benzene rings is 2. The van der Waals surface area contributed by atoms with Crippen molar-refractivity contribution in [2.24, 2.45) is 0 Å². The Hall–Kier alpha value is -2.67. The highest BCUT2D eigenvalue weighted by atomic mass is 79.9. The summed E-state index contributed by atoms with van der Waals surface area (Å²) >= 11 is 3.24. The lowest BCUT2D eigenvalue weighted by Crippen LogP contribution is -2.20. The van der Waals surface area contributed by atoms with E-state index in [-0.39, 0.29) is 0 Å². The molecule has 0 aliphatic carbocycles. The molecule has 2 aromatic carbocycles. The first-order chi connectivity index (χ1) is 12.5.